The minimum absolute atomic E-state index is 0.496. The van der Waals surface area contributed by atoms with E-state index in [-0.39, 0.29) is 0 Å². The highest BCUT2D eigenvalue weighted by molar-refractivity contribution is 6.40. The van der Waals surface area contributed by atoms with Crippen LogP contribution >= 0.6 is 0 Å². The van der Waals surface area contributed by atoms with Crippen molar-refractivity contribution in [3.05, 3.63) is 30.0 Å². The number of Topliss-reactive ketones (excluding diaryl/α,β-unsaturated/α-hetero) is 1. The lowest BCUT2D eigenvalue weighted by molar-refractivity contribution is -0.133. The Balaban J connectivity index is 2.47. The highest BCUT2D eigenvalue weighted by Gasteiger charge is 2.13. The largest absolute Gasteiger partial charge is 0.357 e. The lowest BCUT2D eigenvalue weighted by Crippen LogP contribution is -2.19. The molecule has 0 atom stereocenters. The molecule has 0 saturated heterocycles. The van der Waals surface area contributed by atoms with Crippen molar-refractivity contribution in [3.8, 4) is 0 Å². The molecule has 0 bridgehead atoms. The summed E-state index contributed by atoms with van der Waals surface area (Å²) >= 11 is 0. The van der Waals surface area contributed by atoms with E-state index in [1.54, 1.807) is 0 Å². The zero-order valence-electron chi connectivity index (χ0n) is 9.13. The van der Waals surface area contributed by atoms with Gasteiger partial charge in [0.15, 0.2) is 0 Å². The fourth-order valence-electron chi connectivity index (χ4n) is 1.64. The third kappa shape index (κ3) is 1.69. The molecule has 0 saturated carbocycles. The van der Waals surface area contributed by atoms with E-state index in [9.17, 15) is 9.59 Å². The van der Waals surface area contributed by atoms with Gasteiger partial charge in [-0.1, -0.05) is 18.2 Å². The van der Waals surface area contributed by atoms with Gasteiger partial charge < -0.3 is 10.3 Å². The summed E-state index contributed by atoms with van der Waals surface area (Å²) in [7, 11) is 0. The molecule has 1 heterocycles. The highest BCUT2D eigenvalue weighted by Crippen LogP contribution is 2.26. The Morgan fingerprint density at radius 3 is 2.62 bits per heavy atom. The normalized spacial score (nSPS) is 10.4. The topological polar surface area (TPSA) is 62.0 Å². The molecular formula is C12H12N2O2. The van der Waals surface area contributed by atoms with E-state index in [1.165, 1.54) is 6.92 Å². The molecule has 0 spiro atoms. The van der Waals surface area contributed by atoms with Gasteiger partial charge in [0.1, 0.15) is 0 Å². The van der Waals surface area contributed by atoms with Gasteiger partial charge in [0.05, 0.1) is 5.69 Å². The fraction of sp³-hybridized carbons (Fsp3) is 0.167. The number of para-hydroxylation sites is 1. The van der Waals surface area contributed by atoms with Crippen molar-refractivity contribution in [1.82, 2.24) is 4.98 Å². The quantitative estimate of drug-likeness (QED) is 0.754. The van der Waals surface area contributed by atoms with Gasteiger partial charge in [0.2, 0.25) is 5.78 Å². The maximum absolute atomic E-state index is 11.3. The molecule has 82 valence electrons. The number of hydrogen-bond acceptors (Lipinski definition) is 2. The monoisotopic (exact) mass is 216 g/mol. The van der Waals surface area contributed by atoms with Crippen molar-refractivity contribution < 1.29 is 9.59 Å². The SMILES string of the molecule is CC(=O)C(=O)Nc1c(C)[nH]c2ccccc12. The molecule has 2 N–H and O–H groups in total. The second-order valence-corrected chi connectivity index (χ2v) is 3.68. The summed E-state index contributed by atoms with van der Waals surface area (Å²) in [5.74, 6) is -1.09. The van der Waals surface area contributed by atoms with Gasteiger partial charge in [-0.3, -0.25) is 9.59 Å². The van der Waals surface area contributed by atoms with Crippen LogP contribution in [-0.4, -0.2) is 16.7 Å². The number of aromatic amines is 1. The first-order chi connectivity index (χ1) is 7.59. The van der Waals surface area contributed by atoms with Crippen LogP contribution in [0.1, 0.15) is 12.6 Å². The molecule has 0 aliphatic rings. The number of rotatable bonds is 2. The number of aromatic nitrogens is 1. The zero-order valence-corrected chi connectivity index (χ0v) is 9.13. The van der Waals surface area contributed by atoms with Gasteiger partial charge in [-0.15, -0.1) is 0 Å². The number of ketones is 1. The van der Waals surface area contributed by atoms with Crippen molar-refractivity contribution in [3.63, 3.8) is 0 Å². The first kappa shape index (κ1) is 10.4. The molecule has 0 unspecified atom stereocenters. The lowest BCUT2D eigenvalue weighted by Gasteiger charge is -2.02. The van der Waals surface area contributed by atoms with Crippen molar-refractivity contribution in [1.29, 1.82) is 0 Å². The number of nitrogens with one attached hydrogen (secondary N) is 2. The molecular weight excluding hydrogens is 204 g/mol. The Bertz CT molecular complexity index is 569. The van der Waals surface area contributed by atoms with Gasteiger partial charge in [-0.25, -0.2) is 0 Å². The summed E-state index contributed by atoms with van der Waals surface area (Å²) < 4.78 is 0. The van der Waals surface area contributed by atoms with Crippen molar-refractivity contribution in [2.75, 3.05) is 5.32 Å². The highest BCUT2D eigenvalue weighted by atomic mass is 16.2. The molecule has 2 aromatic rings. The van der Waals surface area contributed by atoms with E-state index in [4.69, 9.17) is 0 Å². The summed E-state index contributed by atoms with van der Waals surface area (Å²) in [6.45, 7) is 3.11. The van der Waals surface area contributed by atoms with Crippen molar-refractivity contribution >= 4 is 28.3 Å². The number of anilines is 1. The molecule has 0 aliphatic carbocycles. The van der Waals surface area contributed by atoms with E-state index in [0.717, 1.165) is 16.6 Å². The number of fused-ring (bicyclic) bond motifs is 1. The summed E-state index contributed by atoms with van der Waals surface area (Å²) in [5.41, 5.74) is 2.46. The van der Waals surface area contributed by atoms with E-state index < -0.39 is 11.7 Å². The number of aryl methyl sites for hydroxylation is 1. The maximum atomic E-state index is 11.3. The molecule has 0 fully saturated rings. The van der Waals surface area contributed by atoms with Gasteiger partial charge in [0.25, 0.3) is 5.91 Å². The Morgan fingerprint density at radius 2 is 1.94 bits per heavy atom. The first-order valence-electron chi connectivity index (χ1n) is 4.99. The second kappa shape index (κ2) is 3.81. The Morgan fingerprint density at radius 1 is 1.25 bits per heavy atom. The fourth-order valence-corrected chi connectivity index (χ4v) is 1.64. The molecule has 1 amide bonds. The van der Waals surface area contributed by atoms with E-state index >= 15 is 0 Å². The predicted molar refractivity (Wildman–Crippen MR) is 62.3 cm³/mol. The smallest absolute Gasteiger partial charge is 0.291 e. The van der Waals surface area contributed by atoms with E-state index in [2.05, 4.69) is 10.3 Å². The van der Waals surface area contributed by atoms with Gasteiger partial charge in [-0.05, 0) is 13.0 Å². The van der Waals surface area contributed by atoms with Crippen LogP contribution < -0.4 is 5.32 Å². The molecule has 4 heteroatoms. The standard InChI is InChI=1S/C12H12N2O2/c1-7-11(14-12(16)8(2)15)9-5-3-4-6-10(9)13-7/h3-6,13H,1-2H3,(H,14,16). The van der Waals surface area contributed by atoms with Crippen LogP contribution in [0.3, 0.4) is 0 Å². The van der Waals surface area contributed by atoms with Crippen molar-refractivity contribution in [2.24, 2.45) is 0 Å². The predicted octanol–water partition coefficient (Wildman–Crippen LogP) is 2.00. The Hall–Kier alpha value is -2.10. The van der Waals surface area contributed by atoms with Gasteiger partial charge in [0, 0.05) is 23.5 Å². The van der Waals surface area contributed by atoms with Gasteiger partial charge >= 0.3 is 0 Å². The van der Waals surface area contributed by atoms with Crippen LogP contribution in [0.5, 0.6) is 0 Å². The summed E-state index contributed by atoms with van der Waals surface area (Å²) in [5, 5.41) is 3.52. The summed E-state index contributed by atoms with van der Waals surface area (Å²) in [6.07, 6.45) is 0. The minimum Gasteiger partial charge on any atom is -0.357 e. The van der Waals surface area contributed by atoms with Crippen LogP contribution in [0.15, 0.2) is 24.3 Å². The minimum atomic E-state index is -0.590. The number of carbonyl (C=O) groups excluding carboxylic acids is 2. The molecule has 0 aliphatic heterocycles. The number of amides is 1. The second-order valence-electron chi connectivity index (χ2n) is 3.68. The number of H-pyrrole nitrogens is 1. The number of hydrogen-bond donors (Lipinski definition) is 2. The maximum Gasteiger partial charge on any atom is 0.291 e. The Kier molecular flexibility index (Phi) is 2.48. The molecule has 1 aromatic carbocycles. The van der Waals surface area contributed by atoms with Crippen LogP contribution in [0.2, 0.25) is 0 Å². The molecule has 0 radical (unpaired) electrons. The average molecular weight is 216 g/mol. The molecule has 4 nitrogen and oxygen atoms in total. The van der Waals surface area contributed by atoms with Crippen LogP contribution in [0.4, 0.5) is 5.69 Å². The molecule has 16 heavy (non-hydrogen) atoms. The Labute approximate surface area is 92.7 Å². The van der Waals surface area contributed by atoms with Crippen LogP contribution in [0.25, 0.3) is 10.9 Å². The molecule has 2 rings (SSSR count). The van der Waals surface area contributed by atoms with E-state index in [1.807, 2.05) is 31.2 Å². The van der Waals surface area contributed by atoms with E-state index in [0.29, 0.717) is 5.69 Å². The van der Waals surface area contributed by atoms with Crippen molar-refractivity contribution in [2.45, 2.75) is 13.8 Å². The van der Waals surface area contributed by atoms with Crippen LogP contribution in [0, 0.1) is 6.92 Å². The average Bonchev–Trinajstić information content (AvgIpc) is 2.55. The number of benzene rings is 1. The van der Waals surface area contributed by atoms with Crippen LogP contribution in [-0.2, 0) is 9.59 Å². The van der Waals surface area contributed by atoms with Gasteiger partial charge in [-0.2, -0.15) is 0 Å². The summed E-state index contributed by atoms with van der Waals surface area (Å²) in [4.78, 5) is 25.4. The first-order valence-corrected chi connectivity index (χ1v) is 4.99. The third-order valence-corrected chi connectivity index (χ3v) is 2.45. The molecule has 1 aromatic heterocycles. The summed E-state index contributed by atoms with van der Waals surface area (Å²) in [6, 6.07) is 7.62. The zero-order chi connectivity index (χ0) is 11.7. The third-order valence-electron chi connectivity index (χ3n) is 2.45. The lowest BCUT2D eigenvalue weighted by atomic mass is 10.2. The number of carbonyl (C=O) groups is 2.